The first-order chi connectivity index (χ1) is 20.8. The van der Waals surface area contributed by atoms with Crippen LogP contribution in [-0.4, -0.2) is 72.0 Å². The van der Waals surface area contributed by atoms with Crippen LogP contribution in [0.15, 0.2) is 30.6 Å². The van der Waals surface area contributed by atoms with E-state index in [1.165, 1.54) is 6.92 Å². The fourth-order valence-electron chi connectivity index (χ4n) is 6.67. The molecule has 1 amide bonds. The van der Waals surface area contributed by atoms with Gasteiger partial charge >= 0.3 is 0 Å². The smallest absolute Gasteiger partial charge is 0.245 e. The van der Waals surface area contributed by atoms with Gasteiger partial charge in [0.05, 0.1) is 17.3 Å². The summed E-state index contributed by atoms with van der Waals surface area (Å²) in [5.41, 5.74) is 5.67. The number of carbonyl (C=O) groups excluding carboxylic acids is 3. The van der Waals surface area contributed by atoms with E-state index in [9.17, 15) is 14.4 Å². The van der Waals surface area contributed by atoms with Crippen LogP contribution in [0.1, 0.15) is 87.0 Å². The number of benzene rings is 1. The standard InChI is InChI=1S/C33H40N6O4/c1-4-27(41)33-28-12-13-37(33)30(42)20-39-32-23(11-9-7-5-6-8-10-14-43-28)16-24(17-26(32)31(36-39)22(3)40)25-18-34-29-15-21(2)35-38(29)19-25/h15-19,28,33H,4-14,20H2,1-3H3/t28-,33-/m1/s1. The lowest BCUT2D eigenvalue weighted by Gasteiger charge is -2.27. The lowest BCUT2D eigenvalue weighted by molar-refractivity contribution is -0.141. The number of fused-ring (bicyclic) bond motifs is 3. The Morgan fingerprint density at radius 1 is 1.02 bits per heavy atom. The maximum atomic E-state index is 13.8. The molecule has 0 N–H and O–H groups in total. The average molecular weight is 585 g/mol. The molecule has 226 valence electrons. The van der Waals surface area contributed by atoms with Crippen LogP contribution < -0.4 is 0 Å². The molecule has 0 aliphatic carbocycles. The number of hydrogen-bond donors (Lipinski definition) is 0. The van der Waals surface area contributed by atoms with E-state index >= 15 is 0 Å². The molecular formula is C33H40N6O4. The van der Waals surface area contributed by atoms with Crippen molar-refractivity contribution >= 4 is 34.0 Å². The summed E-state index contributed by atoms with van der Waals surface area (Å²) >= 11 is 0. The summed E-state index contributed by atoms with van der Waals surface area (Å²) in [6.45, 7) is 6.31. The predicted octanol–water partition coefficient (Wildman–Crippen LogP) is 5.12. The second kappa shape index (κ2) is 12.4. The highest BCUT2D eigenvalue weighted by Crippen LogP contribution is 2.32. The molecule has 6 rings (SSSR count). The van der Waals surface area contributed by atoms with Gasteiger partial charge in [0.2, 0.25) is 5.91 Å². The zero-order chi connectivity index (χ0) is 30.1. The summed E-state index contributed by atoms with van der Waals surface area (Å²) < 4.78 is 9.64. The van der Waals surface area contributed by atoms with Gasteiger partial charge in [-0.1, -0.05) is 32.6 Å². The molecule has 2 aliphatic heterocycles. The van der Waals surface area contributed by atoms with Crippen molar-refractivity contribution < 1.29 is 19.1 Å². The van der Waals surface area contributed by atoms with E-state index in [0.717, 1.165) is 83.9 Å². The maximum Gasteiger partial charge on any atom is 0.245 e. The average Bonchev–Trinajstić information content (AvgIpc) is 3.69. The minimum absolute atomic E-state index is 0.0202. The molecule has 4 aromatic rings. The molecule has 1 aromatic carbocycles. The number of ether oxygens (including phenoxy) is 1. The quantitative estimate of drug-likeness (QED) is 0.306. The molecule has 1 saturated heterocycles. The Morgan fingerprint density at radius 2 is 1.81 bits per heavy atom. The number of nitrogens with zero attached hydrogens (tertiary/aromatic N) is 6. The number of amides is 1. The van der Waals surface area contributed by atoms with Gasteiger partial charge in [-0.15, -0.1) is 0 Å². The van der Waals surface area contributed by atoms with Crippen molar-refractivity contribution in [2.24, 2.45) is 0 Å². The fourth-order valence-corrected chi connectivity index (χ4v) is 6.67. The lowest BCUT2D eigenvalue weighted by atomic mass is 9.96. The first-order valence-corrected chi connectivity index (χ1v) is 15.6. The minimum atomic E-state index is -0.582. The van der Waals surface area contributed by atoms with E-state index in [4.69, 9.17) is 9.84 Å². The third-order valence-electron chi connectivity index (χ3n) is 8.82. The Kier molecular flexibility index (Phi) is 8.38. The largest absolute Gasteiger partial charge is 0.376 e. The van der Waals surface area contributed by atoms with Gasteiger partial charge in [-0.25, -0.2) is 9.50 Å². The summed E-state index contributed by atoms with van der Waals surface area (Å²) in [4.78, 5) is 46.1. The molecule has 10 heteroatoms. The number of aromatic nitrogens is 5. The minimum Gasteiger partial charge on any atom is -0.376 e. The van der Waals surface area contributed by atoms with Crippen LogP contribution in [0.25, 0.3) is 27.7 Å². The van der Waals surface area contributed by atoms with E-state index in [0.29, 0.717) is 31.7 Å². The molecule has 0 unspecified atom stereocenters. The van der Waals surface area contributed by atoms with Crippen molar-refractivity contribution in [3.8, 4) is 11.1 Å². The van der Waals surface area contributed by atoms with Gasteiger partial charge in [0.1, 0.15) is 18.3 Å². The van der Waals surface area contributed by atoms with Crippen molar-refractivity contribution in [3.05, 3.63) is 47.5 Å². The SMILES string of the molecule is CCC(=O)[C@@H]1[C@H]2CCN1C(=O)Cn1nc(C(C)=O)c3cc(-c4cnc5cc(C)nn5c4)cc(c31)CCCCCCCCO2. The Morgan fingerprint density at radius 3 is 2.60 bits per heavy atom. The van der Waals surface area contributed by atoms with Crippen LogP contribution in [0.3, 0.4) is 0 Å². The predicted molar refractivity (Wildman–Crippen MR) is 163 cm³/mol. The number of aryl methyl sites for hydroxylation is 2. The van der Waals surface area contributed by atoms with E-state index in [-0.39, 0.29) is 30.1 Å². The molecule has 0 spiro atoms. The van der Waals surface area contributed by atoms with E-state index in [1.54, 1.807) is 14.1 Å². The van der Waals surface area contributed by atoms with E-state index < -0.39 is 6.04 Å². The normalized spacial score (nSPS) is 20.5. The van der Waals surface area contributed by atoms with Crippen molar-refractivity contribution in [2.45, 2.75) is 97.2 Å². The number of hydrogen-bond acceptors (Lipinski definition) is 7. The van der Waals surface area contributed by atoms with Crippen LogP contribution in [0.4, 0.5) is 0 Å². The topological polar surface area (TPSA) is 112 Å². The molecule has 5 heterocycles. The Bertz CT molecular complexity index is 1690. The summed E-state index contributed by atoms with van der Waals surface area (Å²) in [6, 6.07) is 5.48. The highest BCUT2D eigenvalue weighted by atomic mass is 16.5. The molecule has 0 radical (unpaired) electrons. The Balaban J connectivity index is 1.45. The highest BCUT2D eigenvalue weighted by Gasteiger charge is 2.41. The van der Waals surface area contributed by atoms with Gasteiger partial charge in [-0.2, -0.15) is 10.2 Å². The van der Waals surface area contributed by atoms with E-state index in [2.05, 4.69) is 16.1 Å². The van der Waals surface area contributed by atoms with E-state index in [1.807, 2.05) is 38.4 Å². The second-order valence-corrected chi connectivity index (χ2v) is 11.9. The second-order valence-electron chi connectivity index (χ2n) is 11.9. The molecule has 3 aromatic heterocycles. The number of ketones is 2. The van der Waals surface area contributed by atoms with Crippen molar-refractivity contribution in [2.75, 3.05) is 13.2 Å². The maximum absolute atomic E-state index is 13.8. The van der Waals surface area contributed by atoms with Crippen molar-refractivity contribution in [1.82, 2.24) is 29.3 Å². The van der Waals surface area contributed by atoms with Crippen LogP contribution in [-0.2, 0) is 27.3 Å². The van der Waals surface area contributed by atoms with Crippen LogP contribution in [0.5, 0.6) is 0 Å². The third-order valence-corrected chi connectivity index (χ3v) is 8.82. The Labute approximate surface area is 251 Å². The van der Waals surface area contributed by atoms with Crippen molar-refractivity contribution in [3.63, 3.8) is 0 Å². The summed E-state index contributed by atoms with van der Waals surface area (Å²) in [7, 11) is 0. The zero-order valence-corrected chi connectivity index (χ0v) is 25.3. The first kappa shape index (κ1) is 29.2. The van der Waals surface area contributed by atoms with Gasteiger partial charge in [-0.05, 0) is 55.9 Å². The molecule has 2 atom stereocenters. The Hall–Kier alpha value is -3.92. The summed E-state index contributed by atoms with van der Waals surface area (Å²) in [5.74, 6) is -0.321. The number of Topliss-reactive ketones (excluding diaryl/α,β-unsaturated/α-hetero) is 2. The highest BCUT2D eigenvalue weighted by molar-refractivity contribution is 6.07. The van der Waals surface area contributed by atoms with Gasteiger partial charge in [0.25, 0.3) is 0 Å². The van der Waals surface area contributed by atoms with Gasteiger partial charge in [-0.3, -0.25) is 19.1 Å². The third kappa shape index (κ3) is 5.85. The van der Waals surface area contributed by atoms with Crippen LogP contribution >= 0.6 is 0 Å². The molecule has 10 nitrogen and oxygen atoms in total. The number of rotatable bonds is 4. The summed E-state index contributed by atoms with van der Waals surface area (Å²) in [6.07, 6.45) is 11.7. The monoisotopic (exact) mass is 584 g/mol. The lowest BCUT2D eigenvalue weighted by Crippen LogP contribution is -2.47. The summed E-state index contributed by atoms with van der Waals surface area (Å²) in [5, 5.41) is 9.98. The molecule has 1 fully saturated rings. The van der Waals surface area contributed by atoms with Gasteiger partial charge in [0, 0.05) is 55.9 Å². The number of carbonyl (C=O) groups is 3. The zero-order valence-electron chi connectivity index (χ0n) is 25.3. The van der Waals surface area contributed by atoms with Crippen LogP contribution in [0.2, 0.25) is 0 Å². The molecule has 2 aliphatic rings. The van der Waals surface area contributed by atoms with Gasteiger partial charge in [0.15, 0.2) is 17.2 Å². The van der Waals surface area contributed by atoms with Gasteiger partial charge < -0.3 is 9.64 Å². The molecule has 43 heavy (non-hydrogen) atoms. The fraction of sp³-hybridized carbons (Fsp3) is 0.515. The van der Waals surface area contributed by atoms with Crippen molar-refractivity contribution in [1.29, 1.82) is 0 Å². The molecular weight excluding hydrogens is 544 g/mol. The van der Waals surface area contributed by atoms with Crippen LogP contribution in [0, 0.1) is 6.92 Å². The first-order valence-electron chi connectivity index (χ1n) is 15.6. The molecule has 0 saturated carbocycles. The molecule has 2 bridgehead atoms.